The van der Waals surface area contributed by atoms with Crippen LogP contribution in [0.3, 0.4) is 0 Å². The van der Waals surface area contributed by atoms with E-state index in [2.05, 4.69) is 19.6 Å². The molecule has 2 aliphatic rings. The molecule has 22 heavy (non-hydrogen) atoms. The zero-order valence-electron chi connectivity index (χ0n) is 14.1. The van der Waals surface area contributed by atoms with Crippen LogP contribution in [0.1, 0.15) is 6.42 Å². The van der Waals surface area contributed by atoms with Crippen LogP contribution in [0.15, 0.2) is 0 Å². The maximum Gasteiger partial charge on any atom is 0.255 e. The summed E-state index contributed by atoms with van der Waals surface area (Å²) in [6, 6.07) is 0. The summed E-state index contributed by atoms with van der Waals surface area (Å²) in [5, 5.41) is 0. The molecule has 0 unspecified atom stereocenters. The van der Waals surface area contributed by atoms with Crippen molar-refractivity contribution in [3.8, 4) is 0 Å². The molecule has 0 aromatic heterocycles. The van der Waals surface area contributed by atoms with Crippen LogP contribution in [0.2, 0.25) is 25.2 Å². The van der Waals surface area contributed by atoms with Gasteiger partial charge in [0, 0.05) is 28.4 Å². The summed E-state index contributed by atoms with van der Waals surface area (Å²) >= 11 is 13.9. The van der Waals surface area contributed by atoms with Gasteiger partial charge in [-0.1, -0.05) is 19.6 Å². The number of alkyl halides is 2. The molecular weight excluding hydrogens is 347 g/mol. The number of ketones is 1. The van der Waals surface area contributed by atoms with Crippen LogP contribution in [-0.2, 0) is 23.7 Å². The zero-order chi connectivity index (χ0) is 17.2. The second-order valence-electron chi connectivity index (χ2n) is 7.01. The van der Waals surface area contributed by atoms with E-state index in [-0.39, 0.29) is 5.54 Å². The van der Waals surface area contributed by atoms with E-state index in [4.69, 9.17) is 42.1 Å². The minimum atomic E-state index is -1.86. The Bertz CT molecular complexity index is 486. The monoisotopic (exact) mass is 370 g/mol. The standard InChI is InChI=1S/C14H24Cl2O5Si/c1-18-13(19-2)10(17)12(16)9(22(5,6)7)8-11(13,15)14(12,20-3)21-4/h9H,8H2,1-7H3/t9-,11+,12-/m1/s1. The van der Waals surface area contributed by atoms with Crippen LogP contribution in [0.25, 0.3) is 0 Å². The molecule has 0 heterocycles. The molecule has 8 heteroatoms. The summed E-state index contributed by atoms with van der Waals surface area (Å²) in [5.41, 5.74) is -0.134. The maximum atomic E-state index is 13.3. The van der Waals surface area contributed by atoms with Gasteiger partial charge in [0.25, 0.3) is 5.79 Å². The molecular formula is C14H24Cl2O5Si. The highest BCUT2D eigenvalue weighted by Gasteiger charge is 2.92. The fourth-order valence-electron chi connectivity index (χ4n) is 4.35. The zero-order valence-corrected chi connectivity index (χ0v) is 16.6. The van der Waals surface area contributed by atoms with E-state index in [1.54, 1.807) is 0 Å². The van der Waals surface area contributed by atoms with Gasteiger partial charge in [0.1, 0.15) is 0 Å². The third-order valence-electron chi connectivity index (χ3n) is 5.31. The first kappa shape index (κ1) is 18.6. The van der Waals surface area contributed by atoms with Crippen molar-refractivity contribution in [1.29, 1.82) is 0 Å². The number of carbonyl (C=O) groups is 1. The second kappa shape index (κ2) is 5.15. The number of methoxy groups -OCH3 is 4. The first-order valence-corrected chi connectivity index (χ1v) is 11.5. The van der Waals surface area contributed by atoms with Gasteiger partial charge >= 0.3 is 0 Å². The Kier molecular flexibility index (Phi) is 4.36. The van der Waals surface area contributed by atoms with Crippen molar-refractivity contribution in [2.24, 2.45) is 0 Å². The van der Waals surface area contributed by atoms with Crippen LogP contribution in [0.4, 0.5) is 0 Å². The fourth-order valence-corrected chi connectivity index (χ4v) is 9.16. The Hall–Kier alpha value is 0.307. The quantitative estimate of drug-likeness (QED) is 0.423. The molecule has 0 aromatic rings. The largest absolute Gasteiger partial charge is 0.350 e. The summed E-state index contributed by atoms with van der Waals surface area (Å²) in [6.45, 7) is 6.44. The van der Waals surface area contributed by atoms with Crippen molar-refractivity contribution in [2.75, 3.05) is 28.4 Å². The molecule has 2 rings (SSSR count). The summed E-state index contributed by atoms with van der Waals surface area (Å²) < 4.78 is 22.2. The molecule has 0 radical (unpaired) electrons. The molecule has 128 valence electrons. The molecule has 5 nitrogen and oxygen atoms in total. The van der Waals surface area contributed by atoms with E-state index in [0.717, 1.165) is 0 Å². The van der Waals surface area contributed by atoms with Crippen molar-refractivity contribution in [1.82, 2.24) is 0 Å². The molecule has 2 saturated carbocycles. The average molecular weight is 371 g/mol. The minimum absolute atomic E-state index is 0.134. The van der Waals surface area contributed by atoms with Crippen LogP contribution >= 0.6 is 23.2 Å². The van der Waals surface area contributed by atoms with Gasteiger partial charge in [-0.05, 0) is 12.0 Å². The van der Waals surface area contributed by atoms with Crippen molar-refractivity contribution in [2.45, 2.75) is 52.9 Å². The van der Waals surface area contributed by atoms with E-state index in [1.165, 1.54) is 28.4 Å². The molecule has 0 saturated heterocycles. The Morgan fingerprint density at radius 1 is 1.00 bits per heavy atom. The number of halogens is 2. The van der Waals surface area contributed by atoms with E-state index >= 15 is 0 Å². The number of fused-ring (bicyclic) bond motifs is 2. The highest BCUT2D eigenvalue weighted by molar-refractivity contribution is 6.80. The molecule has 2 aliphatic carbocycles. The minimum Gasteiger partial charge on any atom is -0.350 e. The number of hydrogen-bond donors (Lipinski definition) is 0. The average Bonchev–Trinajstić information content (AvgIpc) is 2.73. The van der Waals surface area contributed by atoms with Gasteiger partial charge in [-0.25, -0.2) is 0 Å². The first-order chi connectivity index (χ1) is 9.99. The molecule has 0 spiro atoms. The molecule has 0 N–H and O–H groups in total. The fraction of sp³-hybridized carbons (Fsp3) is 0.929. The lowest BCUT2D eigenvalue weighted by Gasteiger charge is -2.44. The van der Waals surface area contributed by atoms with E-state index in [1.807, 2.05) is 0 Å². The van der Waals surface area contributed by atoms with Crippen molar-refractivity contribution in [3.05, 3.63) is 0 Å². The third-order valence-corrected chi connectivity index (χ3v) is 9.56. The predicted molar refractivity (Wildman–Crippen MR) is 87.4 cm³/mol. The highest BCUT2D eigenvalue weighted by Crippen LogP contribution is 2.74. The Morgan fingerprint density at radius 2 is 1.45 bits per heavy atom. The summed E-state index contributed by atoms with van der Waals surface area (Å²) in [4.78, 5) is 10.5. The number of hydrogen-bond acceptors (Lipinski definition) is 5. The van der Waals surface area contributed by atoms with Gasteiger partial charge in [0.15, 0.2) is 9.75 Å². The van der Waals surface area contributed by atoms with Gasteiger partial charge < -0.3 is 18.9 Å². The van der Waals surface area contributed by atoms with Crippen LogP contribution in [-0.4, -0.2) is 63.6 Å². The second-order valence-corrected chi connectivity index (χ2v) is 13.7. The number of ether oxygens (including phenoxy) is 4. The molecule has 0 aliphatic heterocycles. The predicted octanol–water partition coefficient (Wildman–Crippen LogP) is 2.61. The van der Waals surface area contributed by atoms with Crippen molar-refractivity contribution in [3.63, 3.8) is 0 Å². The van der Waals surface area contributed by atoms with Crippen LogP contribution in [0, 0.1) is 0 Å². The maximum absolute atomic E-state index is 13.3. The number of rotatable bonds is 5. The van der Waals surface area contributed by atoms with E-state index in [0.29, 0.717) is 6.42 Å². The summed E-state index contributed by atoms with van der Waals surface area (Å²) in [6.07, 6.45) is 0.420. The van der Waals surface area contributed by atoms with Crippen LogP contribution in [0.5, 0.6) is 0 Å². The van der Waals surface area contributed by atoms with Crippen LogP contribution < -0.4 is 0 Å². The highest BCUT2D eigenvalue weighted by atomic mass is 35.5. The van der Waals surface area contributed by atoms with Crippen molar-refractivity contribution < 1.29 is 23.7 Å². The smallest absolute Gasteiger partial charge is 0.255 e. The van der Waals surface area contributed by atoms with Gasteiger partial charge in [-0.2, -0.15) is 0 Å². The summed E-state index contributed by atoms with van der Waals surface area (Å²) in [7, 11) is 3.79. The lowest BCUT2D eigenvalue weighted by Crippen LogP contribution is -2.62. The third kappa shape index (κ3) is 1.62. The molecule has 0 amide bonds. The number of Topliss-reactive ketones (excluding diaryl/α,β-unsaturated/α-hetero) is 1. The Morgan fingerprint density at radius 3 is 1.77 bits per heavy atom. The van der Waals surface area contributed by atoms with Crippen molar-refractivity contribution >= 4 is 37.1 Å². The Labute approximate surface area is 142 Å². The van der Waals surface area contributed by atoms with E-state index in [9.17, 15) is 4.79 Å². The first-order valence-electron chi connectivity index (χ1n) is 7.12. The van der Waals surface area contributed by atoms with Gasteiger partial charge in [0.05, 0.1) is 8.07 Å². The molecule has 2 fully saturated rings. The topological polar surface area (TPSA) is 54.0 Å². The van der Waals surface area contributed by atoms with Gasteiger partial charge in [-0.15, -0.1) is 23.2 Å². The lowest BCUT2D eigenvalue weighted by molar-refractivity contribution is -0.270. The summed E-state index contributed by atoms with van der Waals surface area (Å²) in [5.74, 6) is -3.64. The molecule has 2 bridgehead atoms. The Balaban J connectivity index is 2.81. The van der Waals surface area contributed by atoms with Gasteiger partial charge in [0.2, 0.25) is 11.6 Å². The van der Waals surface area contributed by atoms with Gasteiger partial charge in [-0.3, -0.25) is 4.79 Å². The lowest BCUT2D eigenvalue weighted by atomic mass is 9.90. The normalized spacial score (nSPS) is 39.5. The van der Waals surface area contributed by atoms with E-state index < -0.39 is 35.2 Å². The SMILES string of the molecule is COC1(OC)C(=O)[C@]2(Cl)[C@H]([Si](C)(C)C)C[C@@]1(Cl)C2(OC)OC. The molecule has 0 aromatic carbocycles. The number of carbonyl (C=O) groups excluding carboxylic acids is 1. The molecule has 3 atom stereocenters.